The van der Waals surface area contributed by atoms with Gasteiger partial charge in [-0.25, -0.2) is 0 Å². The molecule has 0 radical (unpaired) electrons. The average Bonchev–Trinajstić information content (AvgIpc) is 3.09. The lowest BCUT2D eigenvalue weighted by Gasteiger charge is -2.42. The predicted molar refractivity (Wildman–Crippen MR) is 95.8 cm³/mol. The molecule has 0 N–H and O–H groups in total. The minimum atomic E-state index is 0.0542. The van der Waals surface area contributed by atoms with Crippen LogP contribution in [0.15, 0.2) is 48.8 Å². The molecule has 5 nitrogen and oxygen atoms in total. The van der Waals surface area contributed by atoms with Gasteiger partial charge in [0.15, 0.2) is 0 Å². The van der Waals surface area contributed by atoms with Gasteiger partial charge in [-0.1, -0.05) is 12.1 Å². The molecule has 2 aliphatic rings. The number of aromatic nitrogens is 1. The zero-order valence-corrected chi connectivity index (χ0v) is 14.5. The van der Waals surface area contributed by atoms with Crippen LogP contribution in [0.3, 0.4) is 0 Å². The number of benzene rings is 1. The number of hydrogen-bond donors (Lipinski definition) is 0. The van der Waals surface area contributed by atoms with Crippen LogP contribution in [0, 0.1) is 0 Å². The van der Waals surface area contributed by atoms with Gasteiger partial charge >= 0.3 is 0 Å². The van der Waals surface area contributed by atoms with Gasteiger partial charge in [-0.3, -0.25) is 14.7 Å². The summed E-state index contributed by atoms with van der Waals surface area (Å²) in [6.45, 7) is 5.07. The Balaban J connectivity index is 1.58. The molecule has 5 heteroatoms. The fourth-order valence-electron chi connectivity index (χ4n) is 3.89. The Morgan fingerprint density at radius 3 is 2.92 bits per heavy atom. The summed E-state index contributed by atoms with van der Waals surface area (Å²) in [5.74, 6) is 1.27. The van der Waals surface area contributed by atoms with Crippen molar-refractivity contribution < 1.29 is 9.53 Å². The van der Waals surface area contributed by atoms with E-state index in [4.69, 9.17) is 4.74 Å². The fourth-order valence-corrected chi connectivity index (χ4v) is 3.89. The first-order valence-corrected chi connectivity index (χ1v) is 8.94. The Kier molecular flexibility index (Phi) is 4.40. The standard InChI is InChI=1S/C20H23N3O2/c1-15-13-22-11-5-6-16(22)14-23(15)20(24)18-8-2-3-9-19(18)25-17-7-4-10-21-12-17/h2-4,7-10,12,15-16H,5-6,11,13-14H2,1H3/t15-,16+/m0/s1. The van der Waals surface area contributed by atoms with E-state index in [1.54, 1.807) is 12.4 Å². The van der Waals surface area contributed by atoms with Crippen LogP contribution in [0.5, 0.6) is 11.5 Å². The number of para-hydroxylation sites is 1. The molecule has 0 bridgehead atoms. The summed E-state index contributed by atoms with van der Waals surface area (Å²) in [5.41, 5.74) is 0.615. The third-order valence-corrected chi connectivity index (χ3v) is 5.18. The molecule has 2 aromatic rings. The summed E-state index contributed by atoms with van der Waals surface area (Å²) in [5, 5.41) is 0. The highest BCUT2D eigenvalue weighted by atomic mass is 16.5. The van der Waals surface area contributed by atoms with Gasteiger partial charge in [0, 0.05) is 31.4 Å². The summed E-state index contributed by atoms with van der Waals surface area (Å²) in [4.78, 5) is 21.8. The zero-order valence-electron chi connectivity index (χ0n) is 14.5. The van der Waals surface area contributed by atoms with Crippen molar-refractivity contribution in [3.63, 3.8) is 0 Å². The van der Waals surface area contributed by atoms with Gasteiger partial charge in [0.05, 0.1) is 11.8 Å². The maximum atomic E-state index is 13.2. The maximum absolute atomic E-state index is 13.2. The second kappa shape index (κ2) is 6.84. The van der Waals surface area contributed by atoms with Crippen LogP contribution in [0.2, 0.25) is 0 Å². The topological polar surface area (TPSA) is 45.7 Å². The van der Waals surface area contributed by atoms with Crippen LogP contribution in [0.25, 0.3) is 0 Å². The van der Waals surface area contributed by atoms with Crippen LogP contribution in [-0.2, 0) is 0 Å². The van der Waals surface area contributed by atoms with Crippen molar-refractivity contribution in [3.8, 4) is 11.5 Å². The first-order chi connectivity index (χ1) is 12.2. The highest BCUT2D eigenvalue weighted by Crippen LogP contribution is 2.29. The van der Waals surface area contributed by atoms with Crippen LogP contribution in [0.1, 0.15) is 30.1 Å². The normalized spacial score (nSPS) is 23.3. The van der Waals surface area contributed by atoms with E-state index in [-0.39, 0.29) is 11.9 Å². The van der Waals surface area contributed by atoms with Gasteiger partial charge in [0.2, 0.25) is 0 Å². The molecule has 130 valence electrons. The second-order valence-electron chi connectivity index (χ2n) is 6.88. The van der Waals surface area contributed by atoms with Crippen molar-refractivity contribution in [1.82, 2.24) is 14.8 Å². The smallest absolute Gasteiger partial charge is 0.257 e. The molecule has 0 spiro atoms. The van der Waals surface area contributed by atoms with Crippen molar-refractivity contribution in [2.45, 2.75) is 31.8 Å². The fraction of sp³-hybridized carbons (Fsp3) is 0.400. The SMILES string of the molecule is C[C@H]1CN2CCC[C@@H]2CN1C(=O)c1ccccc1Oc1cccnc1. The number of carbonyl (C=O) groups is 1. The Morgan fingerprint density at radius 2 is 2.08 bits per heavy atom. The summed E-state index contributed by atoms with van der Waals surface area (Å²) >= 11 is 0. The third kappa shape index (κ3) is 3.24. The lowest BCUT2D eigenvalue weighted by molar-refractivity contribution is 0.0393. The van der Waals surface area contributed by atoms with Crippen molar-refractivity contribution in [1.29, 1.82) is 0 Å². The monoisotopic (exact) mass is 337 g/mol. The van der Waals surface area contributed by atoms with Gasteiger partial charge in [0.1, 0.15) is 11.5 Å². The highest BCUT2D eigenvalue weighted by molar-refractivity contribution is 5.97. The molecule has 1 amide bonds. The van der Waals surface area contributed by atoms with Gasteiger partial charge in [-0.05, 0) is 50.6 Å². The Labute approximate surface area is 148 Å². The van der Waals surface area contributed by atoms with Gasteiger partial charge in [-0.15, -0.1) is 0 Å². The van der Waals surface area contributed by atoms with E-state index in [2.05, 4.69) is 16.8 Å². The third-order valence-electron chi connectivity index (χ3n) is 5.18. The van der Waals surface area contributed by atoms with E-state index in [1.807, 2.05) is 41.3 Å². The van der Waals surface area contributed by atoms with Gasteiger partial charge < -0.3 is 9.64 Å². The number of amides is 1. The molecule has 2 aliphatic heterocycles. The number of piperazine rings is 1. The zero-order chi connectivity index (χ0) is 17.2. The quantitative estimate of drug-likeness (QED) is 0.863. The molecule has 0 saturated carbocycles. The number of ether oxygens (including phenoxy) is 1. The van der Waals surface area contributed by atoms with E-state index in [1.165, 1.54) is 12.8 Å². The number of hydrogen-bond acceptors (Lipinski definition) is 4. The lowest BCUT2D eigenvalue weighted by Crippen LogP contribution is -2.56. The predicted octanol–water partition coefficient (Wildman–Crippen LogP) is 3.18. The molecule has 0 unspecified atom stereocenters. The van der Waals surface area contributed by atoms with Crippen LogP contribution < -0.4 is 4.74 Å². The molecule has 4 rings (SSSR count). The summed E-state index contributed by atoms with van der Waals surface area (Å²) < 4.78 is 5.92. The number of pyridine rings is 1. The number of nitrogens with zero attached hydrogens (tertiary/aromatic N) is 3. The van der Waals surface area contributed by atoms with Crippen LogP contribution in [0.4, 0.5) is 0 Å². The van der Waals surface area contributed by atoms with Gasteiger partial charge in [-0.2, -0.15) is 0 Å². The maximum Gasteiger partial charge on any atom is 0.257 e. The van der Waals surface area contributed by atoms with E-state index in [9.17, 15) is 4.79 Å². The molecule has 0 aliphatic carbocycles. The largest absolute Gasteiger partial charge is 0.455 e. The van der Waals surface area contributed by atoms with E-state index < -0.39 is 0 Å². The van der Waals surface area contributed by atoms with E-state index in [0.29, 0.717) is 23.1 Å². The minimum absolute atomic E-state index is 0.0542. The Hall–Kier alpha value is -2.40. The van der Waals surface area contributed by atoms with Crippen LogP contribution in [-0.4, -0.2) is 52.4 Å². The number of rotatable bonds is 3. The van der Waals surface area contributed by atoms with E-state index in [0.717, 1.165) is 19.6 Å². The first-order valence-electron chi connectivity index (χ1n) is 8.94. The average molecular weight is 337 g/mol. The Morgan fingerprint density at radius 1 is 1.20 bits per heavy atom. The molecular weight excluding hydrogens is 314 g/mol. The van der Waals surface area contributed by atoms with E-state index >= 15 is 0 Å². The lowest BCUT2D eigenvalue weighted by atomic mass is 10.1. The molecule has 2 atom stereocenters. The van der Waals surface area contributed by atoms with Crippen molar-refractivity contribution in [2.24, 2.45) is 0 Å². The molecule has 1 aromatic carbocycles. The van der Waals surface area contributed by atoms with Crippen molar-refractivity contribution in [2.75, 3.05) is 19.6 Å². The van der Waals surface area contributed by atoms with Gasteiger partial charge in [0.25, 0.3) is 5.91 Å². The Bertz CT molecular complexity index is 750. The summed E-state index contributed by atoms with van der Waals surface area (Å²) in [6.07, 6.45) is 5.78. The number of fused-ring (bicyclic) bond motifs is 1. The minimum Gasteiger partial charge on any atom is -0.455 e. The van der Waals surface area contributed by atoms with Crippen molar-refractivity contribution in [3.05, 3.63) is 54.4 Å². The summed E-state index contributed by atoms with van der Waals surface area (Å²) in [7, 11) is 0. The molecule has 1 aromatic heterocycles. The van der Waals surface area contributed by atoms with Crippen molar-refractivity contribution >= 4 is 5.91 Å². The molecule has 3 heterocycles. The highest BCUT2D eigenvalue weighted by Gasteiger charge is 2.37. The molecule has 2 fully saturated rings. The molecule has 25 heavy (non-hydrogen) atoms. The number of carbonyl (C=O) groups excluding carboxylic acids is 1. The summed E-state index contributed by atoms with van der Waals surface area (Å²) in [6, 6.07) is 11.9. The second-order valence-corrected chi connectivity index (χ2v) is 6.88. The molecule has 2 saturated heterocycles. The first kappa shape index (κ1) is 16.1. The van der Waals surface area contributed by atoms with Crippen LogP contribution >= 0.6 is 0 Å². The molecular formula is C20H23N3O2.